The van der Waals surface area contributed by atoms with Gasteiger partial charge in [-0.15, -0.1) is 0 Å². The molecular formula is C17H23N3O4. The van der Waals surface area contributed by atoms with Gasteiger partial charge in [-0.05, 0) is 13.0 Å². The number of hydrogen-bond donors (Lipinski definition) is 2. The van der Waals surface area contributed by atoms with E-state index in [0.717, 1.165) is 0 Å². The summed E-state index contributed by atoms with van der Waals surface area (Å²) < 4.78 is -1.45. The molecule has 2 amide bonds. The van der Waals surface area contributed by atoms with Crippen molar-refractivity contribution in [2.45, 2.75) is 13.0 Å². The van der Waals surface area contributed by atoms with Crippen LogP contribution in [-0.2, 0) is 4.79 Å². The maximum absolute atomic E-state index is 13.5. The van der Waals surface area contributed by atoms with Crippen molar-refractivity contribution in [2.75, 3.05) is 32.7 Å². The van der Waals surface area contributed by atoms with E-state index in [-0.39, 0.29) is 6.54 Å². The Kier molecular flexibility index (Phi) is 6.08. The van der Waals surface area contributed by atoms with Crippen molar-refractivity contribution in [3.8, 4) is 0 Å². The summed E-state index contributed by atoms with van der Waals surface area (Å²) in [5.74, 6) is -1.30. The Labute approximate surface area is 141 Å². The van der Waals surface area contributed by atoms with Crippen molar-refractivity contribution < 1.29 is 19.3 Å². The second kappa shape index (κ2) is 8.05. The molecule has 0 aliphatic carbocycles. The molecule has 2 unspecified atom stereocenters. The lowest BCUT2D eigenvalue weighted by atomic mass is 10.0. The zero-order valence-electron chi connectivity index (χ0n) is 13.7. The molecule has 0 radical (unpaired) electrons. The highest BCUT2D eigenvalue weighted by molar-refractivity contribution is 5.78. The zero-order valence-corrected chi connectivity index (χ0v) is 13.7. The van der Waals surface area contributed by atoms with Crippen LogP contribution in [0.15, 0.2) is 42.5 Å². The molecule has 1 heterocycles. The number of carboxylic acid groups (broad SMARTS) is 1. The maximum Gasteiger partial charge on any atom is 0.420 e. The molecule has 0 saturated carbocycles. The van der Waals surface area contributed by atoms with Crippen LogP contribution in [0.5, 0.6) is 0 Å². The van der Waals surface area contributed by atoms with Gasteiger partial charge in [0.25, 0.3) is 0 Å². The van der Waals surface area contributed by atoms with Gasteiger partial charge in [-0.2, -0.15) is 0 Å². The normalized spacial score (nSPS) is 19.0. The first-order valence-corrected chi connectivity index (χ1v) is 7.98. The van der Waals surface area contributed by atoms with Gasteiger partial charge >= 0.3 is 12.0 Å². The van der Waals surface area contributed by atoms with E-state index >= 15 is 0 Å². The van der Waals surface area contributed by atoms with E-state index < -0.39 is 22.7 Å². The van der Waals surface area contributed by atoms with Crippen LogP contribution in [0.4, 0.5) is 4.79 Å². The lowest BCUT2D eigenvalue weighted by molar-refractivity contribution is -0.821. The number of nitrogens with one attached hydrogen (secondary N) is 1. The molecule has 1 saturated heterocycles. The van der Waals surface area contributed by atoms with E-state index in [1.165, 1.54) is 4.90 Å². The van der Waals surface area contributed by atoms with Gasteiger partial charge in [0.05, 0.1) is 0 Å². The minimum atomic E-state index is -1.50. The Morgan fingerprint density at radius 1 is 1.33 bits per heavy atom. The summed E-state index contributed by atoms with van der Waals surface area (Å²) in [4.78, 5) is 26.2. The number of benzene rings is 1. The van der Waals surface area contributed by atoms with Gasteiger partial charge in [0.2, 0.25) is 6.04 Å². The van der Waals surface area contributed by atoms with Crippen LogP contribution < -0.4 is 5.32 Å². The maximum atomic E-state index is 13.5. The number of carbonyl (C=O) groups excluding carboxylic acids is 1. The number of urea groups is 1. The van der Waals surface area contributed by atoms with Crippen LogP contribution in [0.25, 0.3) is 0 Å². The Hall–Kier alpha value is -2.22. The molecule has 130 valence electrons. The summed E-state index contributed by atoms with van der Waals surface area (Å²) in [7, 11) is 0. The summed E-state index contributed by atoms with van der Waals surface area (Å²) in [6.07, 6.45) is 3.20. The molecule has 1 aliphatic rings. The highest BCUT2D eigenvalue weighted by atomic mass is 16.6. The molecule has 1 aliphatic heterocycles. The average Bonchev–Trinajstić information content (AvgIpc) is 2.60. The number of quaternary nitrogens is 1. The third-order valence-corrected chi connectivity index (χ3v) is 4.09. The van der Waals surface area contributed by atoms with Gasteiger partial charge in [-0.25, -0.2) is 9.59 Å². The van der Waals surface area contributed by atoms with Gasteiger partial charge in [0.1, 0.15) is 6.54 Å². The first-order chi connectivity index (χ1) is 11.5. The highest BCUT2D eigenvalue weighted by Crippen LogP contribution is 2.30. The van der Waals surface area contributed by atoms with Crippen molar-refractivity contribution in [3.63, 3.8) is 0 Å². The standard InChI is InChI=1S/C17H23N3O4/c1-2-3-13-20(24,17(23)19-11-9-18-10-12-19)15(16(21)22)14-7-5-4-6-8-14/h2-8,15,18H,9-13H2,1H3,(H,21,22)/b3-2+. The minimum absolute atomic E-state index is 0.217. The number of carbonyl (C=O) groups is 2. The van der Waals surface area contributed by atoms with Crippen molar-refractivity contribution >= 4 is 12.0 Å². The molecule has 1 fully saturated rings. The molecule has 2 N–H and O–H groups in total. The summed E-state index contributed by atoms with van der Waals surface area (Å²) in [6, 6.07) is 6.03. The molecule has 0 spiro atoms. The summed E-state index contributed by atoms with van der Waals surface area (Å²) in [5, 5.41) is 26.3. The first-order valence-electron chi connectivity index (χ1n) is 7.98. The highest BCUT2D eigenvalue weighted by Gasteiger charge is 2.44. The molecule has 24 heavy (non-hydrogen) atoms. The zero-order chi connectivity index (χ0) is 17.6. The quantitative estimate of drug-likeness (QED) is 0.486. The second-order valence-corrected chi connectivity index (χ2v) is 5.72. The van der Waals surface area contributed by atoms with Crippen LogP contribution in [0.3, 0.4) is 0 Å². The van der Waals surface area contributed by atoms with Crippen LogP contribution in [0, 0.1) is 5.21 Å². The fraction of sp³-hybridized carbons (Fsp3) is 0.412. The van der Waals surface area contributed by atoms with Crippen molar-refractivity contribution in [2.24, 2.45) is 0 Å². The predicted octanol–water partition coefficient (Wildman–Crippen LogP) is 1.73. The summed E-state index contributed by atoms with van der Waals surface area (Å²) in [5.41, 5.74) is 0.327. The molecule has 2 rings (SSSR count). The van der Waals surface area contributed by atoms with Crippen molar-refractivity contribution in [1.29, 1.82) is 0 Å². The molecular weight excluding hydrogens is 310 g/mol. The predicted molar refractivity (Wildman–Crippen MR) is 90.0 cm³/mol. The van der Waals surface area contributed by atoms with Gasteiger partial charge in [-0.3, -0.25) is 9.55 Å². The Morgan fingerprint density at radius 3 is 2.50 bits per heavy atom. The molecule has 0 bridgehead atoms. The lowest BCUT2D eigenvalue weighted by Crippen LogP contribution is -2.61. The first kappa shape index (κ1) is 18.1. The number of hydroxylamine groups is 3. The minimum Gasteiger partial charge on any atom is -0.623 e. The van der Waals surface area contributed by atoms with Crippen LogP contribution in [0.1, 0.15) is 18.5 Å². The fourth-order valence-corrected chi connectivity index (χ4v) is 2.85. The SMILES string of the molecule is C/C=C/C[N+]([O-])(C(=O)N1CCNCC1)C(C(=O)O)c1ccccc1. The number of nitrogens with zero attached hydrogens (tertiary/aromatic N) is 2. The lowest BCUT2D eigenvalue weighted by Gasteiger charge is -2.46. The van der Waals surface area contributed by atoms with E-state index in [4.69, 9.17) is 0 Å². The number of allylic oxidation sites excluding steroid dienone is 1. The molecule has 7 heteroatoms. The number of amides is 2. The van der Waals surface area contributed by atoms with Gasteiger partial charge in [0.15, 0.2) is 0 Å². The van der Waals surface area contributed by atoms with Crippen molar-refractivity contribution in [3.05, 3.63) is 53.3 Å². The number of hydrogen-bond acceptors (Lipinski definition) is 4. The van der Waals surface area contributed by atoms with E-state index in [2.05, 4.69) is 5.32 Å². The molecule has 1 aromatic carbocycles. The van der Waals surface area contributed by atoms with Gasteiger partial charge in [0, 0.05) is 31.7 Å². The number of carboxylic acids is 1. The molecule has 1 aromatic rings. The van der Waals surface area contributed by atoms with Gasteiger partial charge in [-0.1, -0.05) is 36.4 Å². The monoisotopic (exact) mass is 333 g/mol. The number of rotatable bonds is 5. The summed E-state index contributed by atoms with van der Waals surface area (Å²) >= 11 is 0. The largest absolute Gasteiger partial charge is 0.623 e. The smallest absolute Gasteiger partial charge is 0.420 e. The Morgan fingerprint density at radius 2 is 1.96 bits per heavy atom. The number of piperazine rings is 1. The molecule has 7 nitrogen and oxygen atoms in total. The van der Waals surface area contributed by atoms with Crippen molar-refractivity contribution in [1.82, 2.24) is 10.2 Å². The third-order valence-electron chi connectivity index (χ3n) is 4.09. The topological polar surface area (TPSA) is 92.7 Å². The van der Waals surface area contributed by atoms with Gasteiger partial charge < -0.3 is 15.6 Å². The van der Waals surface area contributed by atoms with E-state index in [1.807, 2.05) is 0 Å². The van der Waals surface area contributed by atoms with Crippen LogP contribution in [-0.4, -0.2) is 59.4 Å². The van der Waals surface area contributed by atoms with Crippen LogP contribution >= 0.6 is 0 Å². The molecule has 2 atom stereocenters. The fourth-order valence-electron chi connectivity index (χ4n) is 2.85. The van der Waals surface area contributed by atoms with Crippen LogP contribution in [0.2, 0.25) is 0 Å². The average molecular weight is 333 g/mol. The van der Waals surface area contributed by atoms with E-state index in [1.54, 1.807) is 49.4 Å². The molecule has 0 aromatic heterocycles. The summed E-state index contributed by atoms with van der Waals surface area (Å²) in [6.45, 7) is 3.51. The Bertz CT molecular complexity index is 599. The van der Waals surface area contributed by atoms with E-state index in [0.29, 0.717) is 31.7 Å². The van der Waals surface area contributed by atoms with E-state index in [9.17, 15) is 19.9 Å². The third kappa shape index (κ3) is 3.81. The second-order valence-electron chi connectivity index (χ2n) is 5.72. The number of aliphatic carboxylic acids is 1. The Balaban J connectivity index is 2.43.